The maximum atomic E-state index is 11.4. The third kappa shape index (κ3) is 2.26. The van der Waals surface area contributed by atoms with Gasteiger partial charge in [-0.25, -0.2) is 0 Å². The molecule has 0 unspecified atom stereocenters. The van der Waals surface area contributed by atoms with Crippen molar-refractivity contribution in [2.24, 2.45) is 0 Å². The molecule has 109 valence electrons. The zero-order valence-corrected chi connectivity index (χ0v) is 12.6. The molecule has 0 saturated carbocycles. The molecule has 9 heteroatoms. The van der Waals surface area contributed by atoms with E-state index in [-0.39, 0.29) is 5.69 Å². The summed E-state index contributed by atoms with van der Waals surface area (Å²) in [5, 5.41) is 0. The first-order chi connectivity index (χ1) is 8.85. The van der Waals surface area contributed by atoms with Gasteiger partial charge in [0.1, 0.15) is 0 Å². The minimum absolute atomic E-state index is 0.00222. The maximum absolute atomic E-state index is 11.4. The Hall–Kier alpha value is -1.29. The molecular weight excluding hydrogens is 306 g/mol. The summed E-state index contributed by atoms with van der Waals surface area (Å²) in [7, 11) is -9.27. The molecule has 20 heavy (non-hydrogen) atoms. The van der Waals surface area contributed by atoms with Crippen LogP contribution >= 0.6 is 0 Å². The molecule has 0 saturated heterocycles. The molecule has 0 atom stereocenters. The van der Waals surface area contributed by atoms with Crippen LogP contribution in [0, 0.1) is 0 Å². The standard InChI is InChI=1S/C11H13NO6S2/c1-6-11(2,3)8-4-7(19(13,14)15)5-9(10(8)12-6)20(16,17)18/h4-5H,1-3H3,(H,13,14,15)(H,16,17,18)/q+1. The van der Waals surface area contributed by atoms with Crippen LogP contribution < -0.4 is 4.99 Å². The highest BCUT2D eigenvalue weighted by molar-refractivity contribution is 7.86. The van der Waals surface area contributed by atoms with Crippen molar-refractivity contribution in [2.45, 2.75) is 36.0 Å². The normalized spacial score (nSPS) is 17.8. The topological polar surface area (TPSA) is 123 Å². The van der Waals surface area contributed by atoms with E-state index in [0.717, 1.165) is 0 Å². The molecule has 1 aliphatic rings. The summed E-state index contributed by atoms with van der Waals surface area (Å²) >= 11 is 0. The summed E-state index contributed by atoms with van der Waals surface area (Å²) in [5.74, 6) is 0. The van der Waals surface area contributed by atoms with Gasteiger partial charge >= 0.3 is 15.8 Å². The molecule has 2 rings (SSSR count). The number of nitrogens with zero attached hydrogens (tertiary/aromatic N) is 1. The van der Waals surface area contributed by atoms with Gasteiger partial charge < -0.3 is 0 Å². The van der Waals surface area contributed by atoms with Gasteiger partial charge in [-0.15, -0.1) is 0 Å². The summed E-state index contributed by atoms with van der Waals surface area (Å²) < 4.78 is 63.6. The first kappa shape index (κ1) is 15.1. The first-order valence-corrected chi connectivity index (χ1v) is 8.42. The van der Waals surface area contributed by atoms with E-state index in [9.17, 15) is 21.4 Å². The molecule has 7 nitrogen and oxygen atoms in total. The SMILES string of the molecule is CC1=[N+]c2c(cc(S(=O)(=O)O)cc2S(=O)(=O)O)C1(C)C. The quantitative estimate of drug-likeness (QED) is 0.781. The van der Waals surface area contributed by atoms with E-state index < -0.39 is 35.4 Å². The van der Waals surface area contributed by atoms with Crippen LogP contribution in [-0.4, -0.2) is 31.7 Å². The lowest BCUT2D eigenvalue weighted by atomic mass is 9.82. The van der Waals surface area contributed by atoms with E-state index in [4.69, 9.17) is 4.55 Å². The molecule has 1 aromatic carbocycles. The van der Waals surface area contributed by atoms with E-state index in [1.165, 1.54) is 6.07 Å². The number of benzene rings is 1. The van der Waals surface area contributed by atoms with Crippen molar-refractivity contribution >= 4 is 31.6 Å². The van der Waals surface area contributed by atoms with Crippen molar-refractivity contribution in [2.75, 3.05) is 0 Å². The van der Waals surface area contributed by atoms with Crippen LogP contribution in [-0.2, 0) is 25.7 Å². The fourth-order valence-corrected chi connectivity index (χ4v) is 3.31. The second-order valence-electron chi connectivity index (χ2n) is 5.09. The predicted octanol–water partition coefficient (Wildman–Crippen LogP) is 0.899. The zero-order valence-electron chi connectivity index (χ0n) is 10.9. The second kappa shape index (κ2) is 4.10. The van der Waals surface area contributed by atoms with Crippen molar-refractivity contribution < 1.29 is 25.9 Å². The highest BCUT2D eigenvalue weighted by Gasteiger charge is 2.46. The molecule has 0 bridgehead atoms. The van der Waals surface area contributed by atoms with Crippen LogP contribution in [0.15, 0.2) is 21.9 Å². The Labute approximate surface area is 116 Å². The van der Waals surface area contributed by atoms with Crippen LogP contribution in [0.25, 0.3) is 0 Å². The summed E-state index contributed by atoms with van der Waals surface area (Å²) in [5.41, 5.74) is 0.195. The van der Waals surface area contributed by atoms with Crippen LogP contribution in [0.1, 0.15) is 26.3 Å². The Morgan fingerprint density at radius 2 is 1.60 bits per heavy atom. The molecule has 1 aliphatic heterocycles. The number of hydrogen-bond donors (Lipinski definition) is 2. The summed E-state index contributed by atoms with van der Waals surface area (Å²) in [6, 6.07) is 1.86. The van der Waals surface area contributed by atoms with Crippen molar-refractivity contribution in [3.63, 3.8) is 0 Å². The van der Waals surface area contributed by atoms with Crippen LogP contribution in [0.3, 0.4) is 0 Å². The molecule has 0 spiro atoms. The van der Waals surface area contributed by atoms with E-state index in [1.807, 2.05) is 0 Å². The summed E-state index contributed by atoms with van der Waals surface area (Å²) in [4.78, 5) is 2.87. The van der Waals surface area contributed by atoms with Crippen LogP contribution in [0.2, 0.25) is 0 Å². The highest BCUT2D eigenvalue weighted by Crippen LogP contribution is 2.41. The summed E-state index contributed by atoms with van der Waals surface area (Å²) in [6.07, 6.45) is 0. The lowest BCUT2D eigenvalue weighted by Gasteiger charge is -2.14. The minimum atomic E-state index is -4.67. The molecular formula is C11H13NO6S2+. The predicted molar refractivity (Wildman–Crippen MR) is 71.6 cm³/mol. The first-order valence-electron chi connectivity index (χ1n) is 5.54. The third-order valence-electron chi connectivity index (χ3n) is 3.48. The Kier molecular flexibility index (Phi) is 3.10. The van der Waals surface area contributed by atoms with E-state index in [2.05, 4.69) is 4.99 Å². The van der Waals surface area contributed by atoms with Gasteiger partial charge in [0.05, 0.1) is 15.3 Å². The molecule has 0 amide bonds. The lowest BCUT2D eigenvalue weighted by Crippen LogP contribution is -2.24. The smallest absolute Gasteiger partial charge is 0.282 e. The van der Waals surface area contributed by atoms with Gasteiger partial charge in [0, 0.05) is 12.5 Å². The Balaban J connectivity index is 2.95. The van der Waals surface area contributed by atoms with Crippen molar-refractivity contribution in [1.82, 2.24) is 4.99 Å². The Bertz CT molecular complexity index is 834. The molecule has 1 aromatic rings. The second-order valence-corrected chi connectivity index (χ2v) is 7.90. The van der Waals surface area contributed by atoms with E-state index in [1.54, 1.807) is 20.8 Å². The fourth-order valence-electron chi connectivity index (χ4n) is 2.02. The van der Waals surface area contributed by atoms with Crippen molar-refractivity contribution in [3.8, 4) is 0 Å². The average molecular weight is 319 g/mol. The molecule has 0 aliphatic carbocycles. The Morgan fingerprint density at radius 3 is 2.05 bits per heavy atom. The molecule has 0 fully saturated rings. The van der Waals surface area contributed by atoms with Gasteiger partial charge in [-0.2, -0.15) is 16.8 Å². The van der Waals surface area contributed by atoms with E-state index in [0.29, 0.717) is 17.3 Å². The van der Waals surface area contributed by atoms with Gasteiger partial charge in [0.2, 0.25) is 5.71 Å². The largest absolute Gasteiger partial charge is 0.302 e. The zero-order chi connectivity index (χ0) is 15.5. The molecule has 0 aromatic heterocycles. The average Bonchev–Trinajstić information content (AvgIpc) is 2.46. The highest BCUT2D eigenvalue weighted by atomic mass is 32.2. The Morgan fingerprint density at radius 1 is 1.05 bits per heavy atom. The number of aliphatic imine (C=N–C) groups is 1. The van der Waals surface area contributed by atoms with Gasteiger partial charge in [0.25, 0.3) is 10.1 Å². The number of fused-ring (bicyclic) bond motifs is 1. The van der Waals surface area contributed by atoms with Crippen molar-refractivity contribution in [1.29, 1.82) is 0 Å². The number of rotatable bonds is 2. The van der Waals surface area contributed by atoms with Crippen LogP contribution in [0.5, 0.6) is 0 Å². The maximum Gasteiger partial charge on any atom is 0.302 e. The molecule has 1 radical (unpaired) electrons. The minimum Gasteiger partial charge on any atom is -0.282 e. The number of hydrogen-bond acceptors (Lipinski definition) is 5. The van der Waals surface area contributed by atoms with Crippen molar-refractivity contribution in [3.05, 3.63) is 17.7 Å². The van der Waals surface area contributed by atoms with Gasteiger partial charge in [-0.3, -0.25) is 9.11 Å². The fraction of sp³-hybridized carbons (Fsp3) is 0.364. The molecule has 1 heterocycles. The van der Waals surface area contributed by atoms with Crippen LogP contribution in [0.4, 0.5) is 5.69 Å². The van der Waals surface area contributed by atoms with Gasteiger partial charge in [-0.1, -0.05) is 0 Å². The lowest BCUT2D eigenvalue weighted by molar-refractivity contribution is 0.481. The third-order valence-corrected chi connectivity index (χ3v) is 5.18. The van der Waals surface area contributed by atoms with E-state index >= 15 is 0 Å². The van der Waals surface area contributed by atoms with Gasteiger partial charge in [0.15, 0.2) is 4.90 Å². The monoisotopic (exact) mass is 319 g/mol. The van der Waals surface area contributed by atoms with Gasteiger partial charge in [-0.05, 0) is 26.0 Å². The summed E-state index contributed by atoms with van der Waals surface area (Å²) in [6.45, 7) is 5.14. The molecule has 2 N–H and O–H groups in total.